The van der Waals surface area contributed by atoms with Crippen LogP contribution in [0.3, 0.4) is 0 Å². The molecule has 2 fully saturated rings. The number of hydrogen-bond donors (Lipinski definition) is 6. The van der Waals surface area contributed by atoms with Crippen LogP contribution in [0, 0.1) is 0 Å². The predicted molar refractivity (Wildman–Crippen MR) is 134 cm³/mol. The number of nitrogens with zero attached hydrogens (tertiary/aromatic N) is 8. The zero-order chi connectivity index (χ0) is 26.6. The Balaban J connectivity index is 1.28. The number of rotatable bonds is 7. The van der Waals surface area contributed by atoms with Crippen LogP contribution >= 0.6 is 21.6 Å². The summed E-state index contributed by atoms with van der Waals surface area (Å²) in [6.07, 6.45) is -0.575. The molecule has 4 aromatic rings. The van der Waals surface area contributed by atoms with Crippen LogP contribution < -0.4 is 11.5 Å². The van der Waals surface area contributed by atoms with Gasteiger partial charge in [0.1, 0.15) is 45.7 Å². The molecule has 8 N–H and O–H groups in total. The molecule has 0 radical (unpaired) electrons. The van der Waals surface area contributed by atoms with Crippen LogP contribution in [0.1, 0.15) is 25.3 Å². The van der Waals surface area contributed by atoms with Crippen LogP contribution in [0.15, 0.2) is 22.7 Å². The normalized spacial score (nSPS) is 27.7. The third-order valence-corrected chi connectivity index (χ3v) is 8.57. The monoisotopic (exact) mass is 564 g/mol. The molecule has 0 aromatic carbocycles. The first kappa shape index (κ1) is 25.4. The summed E-state index contributed by atoms with van der Waals surface area (Å²) in [4.78, 5) is 26.2. The summed E-state index contributed by atoms with van der Waals surface area (Å²) in [6, 6.07) is 0. The topological polar surface area (TPSA) is 239 Å². The minimum Gasteiger partial charge on any atom is -0.394 e. The lowest BCUT2D eigenvalue weighted by Crippen LogP contribution is -2.24. The molecule has 2 aliphatic rings. The number of aromatic nitrogens is 8. The zero-order valence-corrected chi connectivity index (χ0v) is 21.2. The molecule has 2 saturated heterocycles. The molecule has 0 unspecified atom stereocenters. The van der Waals surface area contributed by atoms with Crippen molar-refractivity contribution in [2.75, 3.05) is 24.7 Å². The van der Waals surface area contributed by atoms with Gasteiger partial charge in [-0.3, -0.25) is 9.13 Å². The molecule has 18 heteroatoms. The highest BCUT2D eigenvalue weighted by Gasteiger charge is 2.37. The van der Waals surface area contributed by atoms with Crippen molar-refractivity contribution in [3.63, 3.8) is 0 Å². The molecule has 6 atom stereocenters. The molecule has 6 rings (SSSR count). The smallest absolute Gasteiger partial charge is 0.223 e. The van der Waals surface area contributed by atoms with Crippen LogP contribution in [-0.4, -0.2) is 97.1 Å². The molecule has 0 amide bonds. The van der Waals surface area contributed by atoms with Crippen LogP contribution in [0.2, 0.25) is 0 Å². The Morgan fingerprint density at radius 3 is 1.55 bits per heavy atom. The third-order valence-electron chi connectivity index (χ3n) is 6.40. The Labute approximate surface area is 221 Å². The lowest BCUT2D eigenvalue weighted by Gasteiger charge is -2.14. The fourth-order valence-electron chi connectivity index (χ4n) is 4.53. The summed E-state index contributed by atoms with van der Waals surface area (Å²) in [5.41, 5.74) is 13.8. The first-order chi connectivity index (χ1) is 18.4. The summed E-state index contributed by atoms with van der Waals surface area (Å²) in [5, 5.41) is 40.0. The van der Waals surface area contributed by atoms with Crippen molar-refractivity contribution in [2.24, 2.45) is 0 Å². The van der Waals surface area contributed by atoms with E-state index in [1.54, 1.807) is 9.13 Å². The Morgan fingerprint density at radius 1 is 0.763 bits per heavy atom. The molecule has 0 bridgehead atoms. The maximum Gasteiger partial charge on any atom is 0.223 e. The van der Waals surface area contributed by atoms with E-state index < -0.39 is 36.9 Å². The highest BCUT2D eigenvalue weighted by Crippen LogP contribution is 2.42. The number of aliphatic hydroxyl groups excluding tert-OH is 4. The van der Waals surface area contributed by atoms with Gasteiger partial charge in [0.2, 0.25) is 11.9 Å². The van der Waals surface area contributed by atoms with Crippen molar-refractivity contribution in [1.82, 2.24) is 39.0 Å². The van der Waals surface area contributed by atoms with E-state index in [0.717, 1.165) is 0 Å². The lowest BCUT2D eigenvalue weighted by molar-refractivity contribution is -0.0432. The average molecular weight is 565 g/mol. The number of hydrogen-bond acceptors (Lipinski definition) is 16. The minimum absolute atomic E-state index is 0.0200. The van der Waals surface area contributed by atoms with Crippen LogP contribution in [-0.2, 0) is 9.47 Å². The maximum atomic E-state index is 10.1. The molecule has 4 aromatic heterocycles. The van der Waals surface area contributed by atoms with E-state index in [-0.39, 0.29) is 38.0 Å². The molecule has 6 heterocycles. The second kappa shape index (κ2) is 10.0. The summed E-state index contributed by atoms with van der Waals surface area (Å²) in [7, 11) is 2.46. The first-order valence-corrected chi connectivity index (χ1v) is 13.7. The van der Waals surface area contributed by atoms with Gasteiger partial charge in [-0.25, -0.2) is 19.9 Å². The van der Waals surface area contributed by atoms with Gasteiger partial charge in [-0.2, -0.15) is 9.97 Å². The van der Waals surface area contributed by atoms with E-state index in [1.165, 1.54) is 34.2 Å². The van der Waals surface area contributed by atoms with Crippen LogP contribution in [0.25, 0.3) is 22.3 Å². The van der Waals surface area contributed by atoms with E-state index in [1.807, 2.05) is 0 Å². The molecule has 0 saturated carbocycles. The number of nitrogen functional groups attached to an aromatic ring is 2. The minimum atomic E-state index is -0.816. The summed E-state index contributed by atoms with van der Waals surface area (Å²) >= 11 is 0. The number of fused-ring (bicyclic) bond motifs is 2. The number of nitrogens with two attached hydrogens (primary N) is 2. The van der Waals surface area contributed by atoms with E-state index in [9.17, 15) is 20.4 Å². The molecule has 0 spiro atoms. The van der Waals surface area contributed by atoms with Gasteiger partial charge in [0.15, 0.2) is 11.3 Å². The largest absolute Gasteiger partial charge is 0.394 e. The van der Waals surface area contributed by atoms with E-state index in [2.05, 4.69) is 29.9 Å². The van der Waals surface area contributed by atoms with E-state index >= 15 is 0 Å². The second-order valence-corrected chi connectivity index (χ2v) is 10.9. The molecule has 16 nitrogen and oxygen atoms in total. The average Bonchev–Trinajstić information content (AvgIpc) is 3.66. The molecule has 202 valence electrons. The van der Waals surface area contributed by atoms with Crippen molar-refractivity contribution >= 4 is 55.8 Å². The van der Waals surface area contributed by atoms with Gasteiger partial charge in [-0.15, -0.1) is 0 Å². The van der Waals surface area contributed by atoms with E-state index in [0.29, 0.717) is 32.4 Å². The van der Waals surface area contributed by atoms with Crippen LogP contribution in [0.4, 0.5) is 11.9 Å². The molecule has 38 heavy (non-hydrogen) atoms. The number of anilines is 2. The number of imidazole rings is 2. The van der Waals surface area contributed by atoms with Gasteiger partial charge in [-0.05, 0) is 21.6 Å². The predicted octanol–water partition coefficient (Wildman–Crippen LogP) is -0.789. The Kier molecular flexibility index (Phi) is 6.72. The van der Waals surface area contributed by atoms with Crippen molar-refractivity contribution in [3.8, 4) is 0 Å². The summed E-state index contributed by atoms with van der Waals surface area (Å²) < 4.78 is 14.8. The quantitative estimate of drug-likeness (QED) is 0.119. The van der Waals surface area contributed by atoms with Gasteiger partial charge in [0.25, 0.3) is 0 Å². The van der Waals surface area contributed by atoms with Gasteiger partial charge >= 0.3 is 0 Å². The second-order valence-electron chi connectivity index (χ2n) is 8.82. The third kappa shape index (κ3) is 4.41. The van der Waals surface area contributed by atoms with Gasteiger partial charge < -0.3 is 41.4 Å². The fourth-order valence-corrected chi connectivity index (χ4v) is 6.57. The standard InChI is InChI=1S/C20H24N10O6S2/c21-19-25-15-13(23-5-29(15)11-1-7(33)9(3-31)35-11)17(27-19)37-38-18-14-16(26-20(22)28-18)30(6-24-14)12-2-8(34)10(4-32)36-12/h5-12,31-34H,1-4H2,(H2,21,25,27)(H2,22,26,28)/t7-,8-,9+,10+,11-,12-/m0/s1. The lowest BCUT2D eigenvalue weighted by atomic mass is 10.2. The first-order valence-electron chi connectivity index (χ1n) is 11.6. The van der Waals surface area contributed by atoms with Gasteiger partial charge in [0, 0.05) is 12.8 Å². The van der Waals surface area contributed by atoms with Gasteiger partial charge in [0.05, 0.1) is 38.1 Å². The Hall–Kier alpha value is -2.84. The maximum absolute atomic E-state index is 10.1. The molecule has 2 aliphatic heterocycles. The van der Waals surface area contributed by atoms with Gasteiger partial charge in [-0.1, -0.05) is 0 Å². The Morgan fingerprint density at radius 2 is 1.18 bits per heavy atom. The fraction of sp³-hybridized carbons (Fsp3) is 0.500. The number of aliphatic hydroxyl groups is 4. The molecular weight excluding hydrogens is 540 g/mol. The number of ether oxygens (including phenoxy) is 2. The molecule has 0 aliphatic carbocycles. The van der Waals surface area contributed by atoms with Crippen LogP contribution in [0.5, 0.6) is 0 Å². The zero-order valence-electron chi connectivity index (χ0n) is 19.6. The summed E-state index contributed by atoms with van der Waals surface area (Å²) in [6.45, 7) is -0.609. The Bertz CT molecular complexity index is 1380. The van der Waals surface area contributed by atoms with Crippen molar-refractivity contribution in [1.29, 1.82) is 0 Å². The van der Waals surface area contributed by atoms with Crippen molar-refractivity contribution in [2.45, 2.75) is 59.8 Å². The SMILES string of the molecule is Nc1nc(SSc2nc(N)nc3c2ncn3[C@@H]2C[C@H](O)[C@@H](CO)O2)c2ncn([C@@H]3C[C@H](O)[C@@H](CO)O3)c2n1. The van der Waals surface area contributed by atoms with Crippen molar-refractivity contribution < 1.29 is 29.9 Å². The summed E-state index contributed by atoms with van der Waals surface area (Å²) in [5.74, 6) is 0.0400. The highest BCUT2D eigenvalue weighted by atomic mass is 33.1. The van der Waals surface area contributed by atoms with E-state index in [4.69, 9.17) is 20.9 Å². The molecular formula is C20H24N10O6S2. The van der Waals surface area contributed by atoms with Crippen molar-refractivity contribution in [3.05, 3.63) is 12.7 Å². The highest BCUT2D eigenvalue weighted by molar-refractivity contribution is 8.76.